The fourth-order valence-corrected chi connectivity index (χ4v) is 1.89. The van der Waals surface area contributed by atoms with Crippen molar-refractivity contribution < 1.29 is 30.0 Å². The Hall–Kier alpha value is -1.67. The van der Waals surface area contributed by atoms with Gasteiger partial charge in [-0.25, -0.2) is 4.79 Å². The summed E-state index contributed by atoms with van der Waals surface area (Å²) >= 11 is 0. The van der Waals surface area contributed by atoms with Crippen molar-refractivity contribution >= 4 is 11.7 Å². The number of aliphatic hydroxyl groups is 3. The normalized spacial score (nSPS) is 30.3. The molecule has 0 aromatic heterocycles. The number of aromatic carboxylic acids is 1. The summed E-state index contributed by atoms with van der Waals surface area (Å²) in [6.07, 6.45) is -4.04. The predicted molar refractivity (Wildman–Crippen MR) is 64.8 cm³/mol. The van der Waals surface area contributed by atoms with Crippen LogP contribution in [0.4, 0.5) is 5.69 Å². The van der Waals surface area contributed by atoms with Crippen LogP contribution in [0.25, 0.3) is 0 Å². The van der Waals surface area contributed by atoms with Crippen LogP contribution in [0.3, 0.4) is 0 Å². The number of aliphatic hydroxyl groups excluding tert-OH is 3. The molecule has 1 saturated heterocycles. The van der Waals surface area contributed by atoms with Crippen LogP contribution in [-0.2, 0) is 4.74 Å². The zero-order valence-electron chi connectivity index (χ0n) is 9.93. The smallest absolute Gasteiger partial charge is 0.335 e. The summed E-state index contributed by atoms with van der Waals surface area (Å²) in [5.41, 5.74) is 0.687. The Bertz CT molecular complexity index is 448. The van der Waals surface area contributed by atoms with Crippen molar-refractivity contribution in [2.45, 2.75) is 24.5 Å². The van der Waals surface area contributed by atoms with Crippen LogP contribution in [0.1, 0.15) is 10.4 Å². The molecule has 1 fully saturated rings. The summed E-state index contributed by atoms with van der Waals surface area (Å²) in [6, 6.07) is 5.87. The molecule has 4 atom stereocenters. The number of hydrogen-bond acceptors (Lipinski definition) is 6. The summed E-state index contributed by atoms with van der Waals surface area (Å²) in [6.45, 7) is -0.394. The number of nitrogens with one attached hydrogen (secondary N) is 1. The summed E-state index contributed by atoms with van der Waals surface area (Å²) in [5.74, 6) is -1.03. The Morgan fingerprint density at radius 2 is 1.84 bits per heavy atom. The average Bonchev–Trinajstić information content (AvgIpc) is 2.67. The Kier molecular flexibility index (Phi) is 4.01. The molecule has 1 aromatic rings. The molecule has 2 rings (SSSR count). The van der Waals surface area contributed by atoms with Crippen molar-refractivity contribution in [1.29, 1.82) is 0 Å². The van der Waals surface area contributed by atoms with Gasteiger partial charge in [0.25, 0.3) is 0 Å². The van der Waals surface area contributed by atoms with E-state index in [4.69, 9.17) is 14.9 Å². The molecule has 1 heterocycles. The van der Waals surface area contributed by atoms with Gasteiger partial charge in [-0.1, -0.05) is 0 Å². The summed E-state index contributed by atoms with van der Waals surface area (Å²) in [5, 5.41) is 39.8. The van der Waals surface area contributed by atoms with E-state index in [2.05, 4.69) is 5.32 Å². The third-order valence-corrected chi connectivity index (χ3v) is 2.98. The Balaban J connectivity index is 2.03. The molecular weight excluding hydrogens is 254 g/mol. The fraction of sp³-hybridized carbons (Fsp3) is 0.417. The first-order valence-corrected chi connectivity index (χ1v) is 5.75. The molecule has 0 aliphatic carbocycles. The van der Waals surface area contributed by atoms with Gasteiger partial charge in [-0.3, -0.25) is 0 Å². The van der Waals surface area contributed by atoms with Crippen LogP contribution in [0.15, 0.2) is 24.3 Å². The van der Waals surface area contributed by atoms with E-state index >= 15 is 0 Å². The highest BCUT2D eigenvalue weighted by Gasteiger charge is 2.42. The number of anilines is 1. The quantitative estimate of drug-likeness (QED) is 0.487. The molecule has 1 aromatic carbocycles. The molecule has 19 heavy (non-hydrogen) atoms. The molecule has 7 nitrogen and oxygen atoms in total. The average molecular weight is 269 g/mol. The summed E-state index contributed by atoms with van der Waals surface area (Å²) < 4.78 is 5.24. The molecular formula is C12H15NO6. The first kappa shape index (κ1) is 13.8. The second kappa shape index (κ2) is 5.54. The minimum absolute atomic E-state index is 0.145. The Morgan fingerprint density at radius 3 is 2.32 bits per heavy atom. The number of carboxylic acids is 1. The van der Waals surface area contributed by atoms with E-state index in [9.17, 15) is 15.0 Å². The topological polar surface area (TPSA) is 119 Å². The van der Waals surface area contributed by atoms with Crippen LogP contribution < -0.4 is 5.32 Å². The molecule has 5 N–H and O–H groups in total. The second-order valence-electron chi connectivity index (χ2n) is 4.29. The maximum absolute atomic E-state index is 10.7. The molecule has 0 amide bonds. The summed E-state index contributed by atoms with van der Waals surface area (Å²) in [4.78, 5) is 10.7. The van der Waals surface area contributed by atoms with Gasteiger partial charge in [0.05, 0.1) is 12.2 Å². The van der Waals surface area contributed by atoms with Crippen molar-refractivity contribution in [2.24, 2.45) is 0 Å². The van der Waals surface area contributed by atoms with Crippen molar-refractivity contribution in [3.05, 3.63) is 29.8 Å². The molecule has 0 radical (unpaired) electrons. The molecule has 1 aliphatic rings. The lowest BCUT2D eigenvalue weighted by Gasteiger charge is -2.17. The third-order valence-electron chi connectivity index (χ3n) is 2.98. The number of rotatable bonds is 4. The highest BCUT2D eigenvalue weighted by molar-refractivity contribution is 5.87. The van der Waals surface area contributed by atoms with E-state index in [0.29, 0.717) is 5.69 Å². The Labute approximate surface area is 109 Å². The molecule has 0 saturated carbocycles. The van der Waals surface area contributed by atoms with E-state index in [1.807, 2.05) is 0 Å². The van der Waals surface area contributed by atoms with Gasteiger partial charge in [-0.2, -0.15) is 0 Å². The third kappa shape index (κ3) is 2.85. The molecule has 0 unspecified atom stereocenters. The van der Waals surface area contributed by atoms with Crippen molar-refractivity contribution in [1.82, 2.24) is 0 Å². The minimum Gasteiger partial charge on any atom is -0.478 e. The van der Waals surface area contributed by atoms with Gasteiger partial charge in [-0.15, -0.1) is 0 Å². The minimum atomic E-state index is -1.17. The first-order valence-electron chi connectivity index (χ1n) is 5.75. The van der Waals surface area contributed by atoms with Crippen LogP contribution in [0, 0.1) is 0 Å². The zero-order chi connectivity index (χ0) is 14.0. The summed E-state index contributed by atoms with van der Waals surface area (Å²) in [7, 11) is 0. The highest BCUT2D eigenvalue weighted by atomic mass is 16.6. The number of carbonyl (C=O) groups is 1. The maximum atomic E-state index is 10.7. The monoisotopic (exact) mass is 269 g/mol. The van der Waals surface area contributed by atoms with Crippen molar-refractivity contribution in [2.75, 3.05) is 11.9 Å². The molecule has 1 aliphatic heterocycles. The van der Waals surface area contributed by atoms with Gasteiger partial charge in [-0.05, 0) is 24.3 Å². The zero-order valence-corrected chi connectivity index (χ0v) is 9.93. The maximum Gasteiger partial charge on any atom is 0.335 e. The van der Waals surface area contributed by atoms with Gasteiger partial charge in [0.1, 0.15) is 18.3 Å². The molecule has 0 bridgehead atoms. The van der Waals surface area contributed by atoms with Crippen LogP contribution in [0.2, 0.25) is 0 Å². The van der Waals surface area contributed by atoms with Crippen LogP contribution in [0.5, 0.6) is 0 Å². The molecule has 104 valence electrons. The highest BCUT2D eigenvalue weighted by Crippen LogP contribution is 2.23. The van der Waals surface area contributed by atoms with E-state index < -0.39 is 37.1 Å². The SMILES string of the molecule is O=C(O)c1ccc(N[C@H]2O[C@H](CO)[C@@H](O)[C@H]2O)cc1. The number of carboxylic acid groups (broad SMARTS) is 1. The Morgan fingerprint density at radius 1 is 1.21 bits per heavy atom. The van der Waals surface area contributed by atoms with Gasteiger partial charge in [0.2, 0.25) is 0 Å². The standard InChI is InChI=1S/C12H15NO6/c14-5-8-9(15)10(16)11(19-8)13-7-3-1-6(2-4-7)12(17)18/h1-4,8-11,13-16H,5H2,(H,17,18)/t8-,9-,10-,11+/m1/s1. The number of hydrogen-bond donors (Lipinski definition) is 5. The lowest BCUT2D eigenvalue weighted by molar-refractivity contribution is -0.0153. The van der Waals surface area contributed by atoms with Crippen LogP contribution in [-0.4, -0.2) is 57.5 Å². The first-order chi connectivity index (χ1) is 9.02. The van der Waals surface area contributed by atoms with Crippen LogP contribution >= 0.6 is 0 Å². The van der Waals surface area contributed by atoms with Gasteiger partial charge in [0, 0.05) is 5.69 Å². The van der Waals surface area contributed by atoms with E-state index in [0.717, 1.165) is 0 Å². The van der Waals surface area contributed by atoms with Gasteiger partial charge in [0.15, 0.2) is 6.23 Å². The van der Waals surface area contributed by atoms with Gasteiger partial charge < -0.3 is 30.5 Å². The number of benzene rings is 1. The fourth-order valence-electron chi connectivity index (χ4n) is 1.89. The lowest BCUT2D eigenvalue weighted by Crippen LogP contribution is -2.36. The molecule has 0 spiro atoms. The van der Waals surface area contributed by atoms with E-state index in [1.165, 1.54) is 24.3 Å². The molecule has 7 heteroatoms. The van der Waals surface area contributed by atoms with E-state index in [-0.39, 0.29) is 5.56 Å². The largest absolute Gasteiger partial charge is 0.478 e. The number of ether oxygens (including phenoxy) is 1. The van der Waals surface area contributed by atoms with E-state index in [1.54, 1.807) is 0 Å². The second-order valence-corrected chi connectivity index (χ2v) is 4.29. The lowest BCUT2D eigenvalue weighted by atomic mass is 10.1. The van der Waals surface area contributed by atoms with Crippen molar-refractivity contribution in [3.8, 4) is 0 Å². The van der Waals surface area contributed by atoms with Crippen molar-refractivity contribution in [3.63, 3.8) is 0 Å². The predicted octanol–water partition coefficient (Wildman–Crippen LogP) is -0.764. The van der Waals surface area contributed by atoms with Gasteiger partial charge >= 0.3 is 5.97 Å².